The van der Waals surface area contributed by atoms with Crippen molar-refractivity contribution in [2.45, 2.75) is 32.1 Å². The fourth-order valence-corrected chi connectivity index (χ4v) is 5.45. The monoisotopic (exact) mass is 560 g/mol. The van der Waals surface area contributed by atoms with E-state index in [9.17, 15) is 23.2 Å². The molecule has 0 radical (unpaired) electrons. The molecule has 11 heteroatoms. The summed E-state index contributed by atoms with van der Waals surface area (Å²) in [7, 11) is 5.55. The summed E-state index contributed by atoms with van der Waals surface area (Å²) in [4.78, 5) is 21.5. The molecular weight excluding hydrogens is 525 g/mol. The Kier molecular flexibility index (Phi) is 9.36. The van der Waals surface area contributed by atoms with Gasteiger partial charge in [0.1, 0.15) is 18.2 Å². The molecule has 0 bridgehead atoms. The molecule has 1 aromatic heterocycles. The highest BCUT2D eigenvalue weighted by atomic mass is 19.1. The molecule has 1 aliphatic heterocycles. The average Bonchev–Trinajstić information content (AvgIpc) is 2.94. The minimum absolute atomic E-state index is 0.00452. The Morgan fingerprint density at radius 1 is 1.15 bits per heavy atom. The molecule has 4 rings (SSSR count). The van der Waals surface area contributed by atoms with Crippen LogP contribution < -0.4 is 19.9 Å². The van der Waals surface area contributed by atoms with Crippen molar-refractivity contribution < 1.29 is 32.6 Å². The van der Waals surface area contributed by atoms with Gasteiger partial charge in [0.25, 0.3) is 0 Å². The molecule has 1 amide bonds. The number of hydrogen-bond acceptors (Lipinski definition) is 7. The van der Waals surface area contributed by atoms with Gasteiger partial charge in [0.05, 0.1) is 29.9 Å². The quantitative estimate of drug-likeness (QED) is 0.259. The minimum atomic E-state index is -1.09. The summed E-state index contributed by atoms with van der Waals surface area (Å²) in [5.41, 5.74) is 4.08. The summed E-state index contributed by atoms with van der Waals surface area (Å²) in [6.07, 6.45) is 4.83. The summed E-state index contributed by atoms with van der Waals surface area (Å²) < 4.78 is 51.5. The van der Waals surface area contributed by atoms with E-state index in [1.165, 1.54) is 0 Å². The zero-order valence-corrected chi connectivity index (χ0v) is 23.0. The van der Waals surface area contributed by atoms with E-state index in [2.05, 4.69) is 4.98 Å². The van der Waals surface area contributed by atoms with E-state index in [-0.39, 0.29) is 6.61 Å². The van der Waals surface area contributed by atoms with E-state index in [0.717, 1.165) is 27.9 Å². The van der Waals surface area contributed by atoms with Gasteiger partial charge in [-0.15, -0.1) is 0 Å². The maximum absolute atomic E-state index is 13.8. The van der Waals surface area contributed by atoms with Crippen molar-refractivity contribution in [1.82, 2.24) is 15.4 Å². The van der Waals surface area contributed by atoms with E-state index in [1.807, 2.05) is 53.8 Å². The summed E-state index contributed by atoms with van der Waals surface area (Å²) >= 11 is 0. The number of amides is 1. The number of piperidine rings is 1. The van der Waals surface area contributed by atoms with Crippen molar-refractivity contribution in [2.24, 2.45) is 5.41 Å². The van der Waals surface area contributed by atoms with Crippen LogP contribution in [0.25, 0.3) is 10.9 Å². The van der Waals surface area contributed by atoms with Gasteiger partial charge in [-0.1, -0.05) is 0 Å². The average molecular weight is 561 g/mol. The maximum atomic E-state index is 13.8. The van der Waals surface area contributed by atoms with E-state index in [0.29, 0.717) is 63.9 Å². The number of hydrogen-bond donors (Lipinski definition) is 2. The Balaban J connectivity index is 1.40. The maximum Gasteiger partial charge on any atom is 0.249 e. The van der Waals surface area contributed by atoms with Crippen LogP contribution in [0.1, 0.15) is 31.2 Å². The van der Waals surface area contributed by atoms with Crippen LogP contribution in [0.15, 0.2) is 36.5 Å². The number of anilines is 1. The second kappa shape index (κ2) is 12.7. The van der Waals surface area contributed by atoms with Crippen LogP contribution in [0.5, 0.6) is 11.5 Å². The molecule has 2 aromatic carbocycles. The van der Waals surface area contributed by atoms with Crippen LogP contribution in [-0.2, 0) is 11.2 Å². The number of fused-ring (bicyclic) bond motifs is 1. The number of rotatable bonds is 11. The fourth-order valence-electron chi connectivity index (χ4n) is 5.45. The highest BCUT2D eigenvalue weighted by molar-refractivity contribution is 5.88. The lowest BCUT2D eigenvalue weighted by molar-refractivity contribution is -0.143. The van der Waals surface area contributed by atoms with Gasteiger partial charge in [-0.25, -0.2) is 18.7 Å². The lowest BCUT2D eigenvalue weighted by Gasteiger charge is -2.40. The molecule has 40 heavy (non-hydrogen) atoms. The second-order valence-electron chi connectivity index (χ2n) is 10.4. The van der Waals surface area contributed by atoms with Crippen LogP contribution in [0.2, 0.25) is 0 Å². The molecule has 0 spiro atoms. The van der Waals surface area contributed by atoms with Gasteiger partial charge >= 0.3 is 0 Å². The summed E-state index contributed by atoms with van der Waals surface area (Å²) in [6, 6.07) is 6.93. The number of carbonyl (C=O) groups excluding carboxylic acids is 1. The number of carbonyl (C=O) groups is 1. The molecule has 2 heterocycles. The van der Waals surface area contributed by atoms with Crippen molar-refractivity contribution in [3.63, 3.8) is 0 Å². The predicted molar refractivity (Wildman–Crippen MR) is 145 cm³/mol. The van der Waals surface area contributed by atoms with Crippen molar-refractivity contribution in [1.29, 1.82) is 0 Å². The summed E-state index contributed by atoms with van der Waals surface area (Å²) in [5, 5.41) is 10.5. The Bertz CT molecular complexity index is 1320. The van der Waals surface area contributed by atoms with Crippen LogP contribution in [-0.4, -0.2) is 68.4 Å². The van der Waals surface area contributed by atoms with Gasteiger partial charge in [0.2, 0.25) is 5.91 Å². The Morgan fingerprint density at radius 2 is 1.85 bits per heavy atom. The van der Waals surface area contributed by atoms with Gasteiger partial charge in [-0.05, 0) is 69.0 Å². The molecule has 0 saturated carbocycles. The van der Waals surface area contributed by atoms with Crippen molar-refractivity contribution in [3.05, 3.63) is 59.5 Å². The number of methoxy groups -OCH3 is 1. The highest BCUT2D eigenvalue weighted by Gasteiger charge is 2.40. The van der Waals surface area contributed by atoms with E-state index >= 15 is 0 Å². The summed E-state index contributed by atoms with van der Waals surface area (Å²) in [5.74, 6) is -3.46. The molecule has 8 nitrogen and oxygen atoms in total. The molecule has 216 valence electrons. The van der Waals surface area contributed by atoms with Crippen LogP contribution in [0, 0.1) is 22.9 Å². The minimum Gasteiger partial charge on any atom is -0.497 e. The smallest absolute Gasteiger partial charge is 0.249 e. The van der Waals surface area contributed by atoms with Crippen LogP contribution >= 0.6 is 0 Å². The number of hydroxylamine groups is 1. The number of aryl methyl sites for hydroxylation is 1. The van der Waals surface area contributed by atoms with Crippen molar-refractivity contribution in [3.8, 4) is 11.5 Å². The lowest BCUT2D eigenvalue weighted by atomic mass is 9.73. The van der Waals surface area contributed by atoms with Gasteiger partial charge in [0, 0.05) is 38.2 Å². The number of aromatic nitrogens is 1. The molecule has 1 fully saturated rings. The summed E-state index contributed by atoms with van der Waals surface area (Å²) in [6.45, 7) is 1.47. The first-order valence-electron chi connectivity index (χ1n) is 13.2. The van der Waals surface area contributed by atoms with Crippen molar-refractivity contribution >= 4 is 22.5 Å². The first kappa shape index (κ1) is 29.4. The molecule has 3 aromatic rings. The van der Waals surface area contributed by atoms with E-state index in [1.54, 1.807) is 7.11 Å². The molecule has 1 aliphatic rings. The van der Waals surface area contributed by atoms with Crippen LogP contribution in [0.4, 0.5) is 18.9 Å². The zero-order valence-electron chi connectivity index (χ0n) is 23.0. The normalized spacial score (nSPS) is 15.2. The zero-order chi connectivity index (χ0) is 28.9. The van der Waals surface area contributed by atoms with Gasteiger partial charge < -0.3 is 14.4 Å². The molecule has 1 saturated heterocycles. The second-order valence-corrected chi connectivity index (χ2v) is 10.4. The van der Waals surface area contributed by atoms with Gasteiger partial charge in [-0.3, -0.25) is 19.9 Å². The van der Waals surface area contributed by atoms with Gasteiger partial charge in [0.15, 0.2) is 17.4 Å². The first-order valence-corrected chi connectivity index (χ1v) is 13.2. The SMILES string of the molecule is COc1ccc2ncc(N(C)C)c(CCCC3(C(=O)NO)CCN(CCOc4c(F)cc(F)cc4F)CC3)c2c1. The Morgan fingerprint density at radius 3 is 2.48 bits per heavy atom. The number of nitrogens with one attached hydrogen (secondary N) is 1. The fraction of sp³-hybridized carbons (Fsp3) is 0.448. The van der Waals surface area contributed by atoms with Gasteiger partial charge in [-0.2, -0.15) is 0 Å². The third-order valence-electron chi connectivity index (χ3n) is 7.74. The van der Waals surface area contributed by atoms with E-state index < -0.39 is 34.5 Å². The third-order valence-corrected chi connectivity index (χ3v) is 7.74. The first-order chi connectivity index (χ1) is 19.2. The number of ether oxygens (including phenoxy) is 2. The highest BCUT2D eigenvalue weighted by Crippen LogP contribution is 2.38. The van der Waals surface area contributed by atoms with Crippen LogP contribution in [0.3, 0.4) is 0 Å². The predicted octanol–water partition coefficient (Wildman–Crippen LogP) is 4.72. The van der Waals surface area contributed by atoms with E-state index in [4.69, 9.17) is 9.47 Å². The largest absolute Gasteiger partial charge is 0.497 e. The Hall–Kier alpha value is -3.57. The number of nitrogens with zero attached hydrogens (tertiary/aromatic N) is 3. The molecular formula is C29H35F3N4O4. The van der Waals surface area contributed by atoms with Crippen molar-refractivity contribution in [2.75, 3.05) is 52.3 Å². The molecule has 2 N–H and O–H groups in total. The number of benzene rings is 2. The lowest BCUT2D eigenvalue weighted by Crippen LogP contribution is -2.49. The number of pyridine rings is 1. The number of likely N-dealkylation sites (tertiary alicyclic amines) is 1. The third kappa shape index (κ3) is 6.42. The Labute approximate surface area is 231 Å². The molecule has 0 unspecified atom stereocenters. The topological polar surface area (TPSA) is 87.2 Å². The molecule has 0 aliphatic carbocycles. The molecule has 0 atom stereocenters. The number of halogens is 3. The standard InChI is InChI=1S/C29H35F3N4O4/c1-35(2)26-18-33-25-7-6-20(39-3)17-22(25)21(26)5-4-8-29(28(37)34-38)9-11-36(12-10-29)13-14-40-27-23(31)15-19(30)16-24(27)32/h6-7,15-18,38H,4-5,8-14H2,1-3H3,(H,34,37).